The van der Waals surface area contributed by atoms with Crippen LogP contribution in [0.3, 0.4) is 0 Å². The molecule has 0 spiro atoms. The van der Waals surface area contributed by atoms with E-state index >= 15 is 0 Å². The Balaban J connectivity index is 3.26. The second kappa shape index (κ2) is 4.98. The van der Waals surface area contributed by atoms with E-state index in [1.165, 1.54) is 14.2 Å². The molecule has 15 heavy (non-hydrogen) atoms. The number of hydrogen-bond acceptors (Lipinski definition) is 3. The first kappa shape index (κ1) is 11.8. The summed E-state index contributed by atoms with van der Waals surface area (Å²) in [4.78, 5) is 11.4. The largest absolute Gasteiger partial charge is 0.497 e. The molecule has 0 saturated carbocycles. The van der Waals surface area contributed by atoms with Gasteiger partial charge in [-0.25, -0.2) is 4.79 Å². The number of carbonyl (C=O) groups is 1. The molecule has 0 saturated heterocycles. The molecule has 0 bridgehead atoms. The van der Waals surface area contributed by atoms with E-state index in [2.05, 4.69) is 27.2 Å². The van der Waals surface area contributed by atoms with Crippen LogP contribution < -0.4 is 0 Å². The zero-order valence-corrected chi connectivity index (χ0v) is 10.1. The molecule has 0 heterocycles. The van der Waals surface area contributed by atoms with E-state index in [1.54, 1.807) is 18.2 Å². The molecular formula is C11H11BrO3. The highest BCUT2D eigenvalue weighted by Crippen LogP contribution is 2.23. The first-order valence-corrected chi connectivity index (χ1v) is 5.00. The Bertz CT molecular complexity index is 399. The first-order valence-electron chi connectivity index (χ1n) is 4.21. The Morgan fingerprint density at radius 3 is 2.47 bits per heavy atom. The maximum atomic E-state index is 11.4. The van der Waals surface area contributed by atoms with Gasteiger partial charge in [-0.2, -0.15) is 0 Å². The highest BCUT2D eigenvalue weighted by Gasteiger charge is 2.14. The summed E-state index contributed by atoms with van der Waals surface area (Å²) in [5.41, 5.74) is 1.06. The number of rotatable bonds is 3. The Morgan fingerprint density at radius 2 is 1.93 bits per heavy atom. The molecule has 0 aliphatic carbocycles. The van der Waals surface area contributed by atoms with Crippen LogP contribution in [-0.4, -0.2) is 20.2 Å². The number of esters is 1. The van der Waals surface area contributed by atoms with Gasteiger partial charge < -0.3 is 9.47 Å². The van der Waals surface area contributed by atoms with Crippen LogP contribution in [0.25, 0.3) is 5.76 Å². The molecule has 0 atom stereocenters. The lowest BCUT2D eigenvalue weighted by atomic mass is 10.1. The Hall–Kier alpha value is -1.29. The van der Waals surface area contributed by atoms with Gasteiger partial charge in [-0.1, -0.05) is 22.5 Å². The van der Waals surface area contributed by atoms with Crippen molar-refractivity contribution in [2.45, 2.75) is 0 Å². The minimum Gasteiger partial charge on any atom is -0.497 e. The predicted molar refractivity (Wildman–Crippen MR) is 61.5 cm³/mol. The smallest absolute Gasteiger partial charge is 0.338 e. The van der Waals surface area contributed by atoms with E-state index in [0.29, 0.717) is 16.9 Å². The average molecular weight is 271 g/mol. The van der Waals surface area contributed by atoms with Gasteiger partial charge in [0.1, 0.15) is 5.76 Å². The minimum atomic E-state index is -0.407. The fourth-order valence-electron chi connectivity index (χ4n) is 1.15. The van der Waals surface area contributed by atoms with E-state index in [-0.39, 0.29) is 0 Å². The van der Waals surface area contributed by atoms with E-state index in [1.807, 2.05) is 0 Å². The fourth-order valence-corrected chi connectivity index (χ4v) is 1.51. The zero-order chi connectivity index (χ0) is 11.4. The van der Waals surface area contributed by atoms with Gasteiger partial charge in [-0.3, -0.25) is 0 Å². The maximum Gasteiger partial charge on any atom is 0.338 e. The molecule has 1 rings (SSSR count). The summed E-state index contributed by atoms with van der Waals surface area (Å²) in [5, 5.41) is 0. The Morgan fingerprint density at radius 1 is 1.27 bits per heavy atom. The number of benzene rings is 1. The van der Waals surface area contributed by atoms with Gasteiger partial charge in [-0.15, -0.1) is 0 Å². The summed E-state index contributed by atoms with van der Waals surface area (Å²) < 4.78 is 10.5. The van der Waals surface area contributed by atoms with Crippen molar-refractivity contribution in [2.75, 3.05) is 14.2 Å². The highest BCUT2D eigenvalue weighted by molar-refractivity contribution is 9.10. The van der Waals surface area contributed by atoms with Crippen LogP contribution in [0, 0.1) is 0 Å². The normalized spacial score (nSPS) is 9.53. The number of ether oxygens (including phenoxy) is 2. The predicted octanol–water partition coefficient (Wildman–Crippen LogP) is 2.85. The van der Waals surface area contributed by atoms with Gasteiger partial charge in [0.05, 0.1) is 19.8 Å². The van der Waals surface area contributed by atoms with Crippen LogP contribution in [0.2, 0.25) is 0 Å². The van der Waals surface area contributed by atoms with E-state index in [9.17, 15) is 4.79 Å². The lowest BCUT2D eigenvalue weighted by Gasteiger charge is -2.09. The Labute approximate surface area is 96.8 Å². The molecule has 0 N–H and O–H groups in total. The van der Waals surface area contributed by atoms with Crippen molar-refractivity contribution in [1.29, 1.82) is 0 Å². The Kier molecular flexibility index (Phi) is 3.91. The van der Waals surface area contributed by atoms with E-state index < -0.39 is 5.97 Å². The molecule has 0 aliphatic heterocycles. The first-order chi connectivity index (χ1) is 7.10. The van der Waals surface area contributed by atoms with Crippen LogP contribution in [0.1, 0.15) is 15.9 Å². The molecule has 0 unspecified atom stereocenters. The summed E-state index contributed by atoms with van der Waals surface area (Å²) in [6, 6.07) is 5.19. The van der Waals surface area contributed by atoms with Crippen molar-refractivity contribution in [3.8, 4) is 0 Å². The van der Waals surface area contributed by atoms with Gasteiger partial charge in [0, 0.05) is 10.0 Å². The summed E-state index contributed by atoms with van der Waals surface area (Å²) in [5.74, 6) is 0.0207. The van der Waals surface area contributed by atoms with Crippen molar-refractivity contribution in [3.05, 3.63) is 40.4 Å². The number of hydrogen-bond donors (Lipinski definition) is 0. The van der Waals surface area contributed by atoms with Gasteiger partial charge in [0.2, 0.25) is 0 Å². The van der Waals surface area contributed by atoms with Crippen molar-refractivity contribution >= 4 is 27.7 Å². The summed E-state index contributed by atoms with van der Waals surface area (Å²) >= 11 is 3.32. The van der Waals surface area contributed by atoms with E-state index in [4.69, 9.17) is 4.74 Å². The third kappa shape index (κ3) is 2.59. The lowest BCUT2D eigenvalue weighted by molar-refractivity contribution is 0.0600. The molecule has 0 aromatic heterocycles. The monoisotopic (exact) mass is 270 g/mol. The van der Waals surface area contributed by atoms with Crippen LogP contribution in [0.4, 0.5) is 0 Å². The molecule has 3 nitrogen and oxygen atoms in total. The molecule has 0 aliphatic rings. The van der Waals surface area contributed by atoms with Crippen LogP contribution in [-0.2, 0) is 9.47 Å². The quantitative estimate of drug-likeness (QED) is 0.626. The molecule has 1 aromatic carbocycles. The van der Waals surface area contributed by atoms with Gasteiger partial charge >= 0.3 is 5.97 Å². The van der Waals surface area contributed by atoms with Gasteiger partial charge in [0.25, 0.3) is 0 Å². The third-order valence-corrected chi connectivity index (χ3v) is 2.43. The van der Waals surface area contributed by atoms with Gasteiger partial charge in [-0.05, 0) is 18.2 Å². The van der Waals surface area contributed by atoms with Crippen LogP contribution in [0.15, 0.2) is 29.3 Å². The molecule has 1 aromatic rings. The van der Waals surface area contributed by atoms with Crippen molar-refractivity contribution in [2.24, 2.45) is 0 Å². The van der Waals surface area contributed by atoms with Crippen molar-refractivity contribution in [3.63, 3.8) is 0 Å². The average Bonchev–Trinajstić information content (AvgIpc) is 2.26. The number of halogens is 1. The molecule has 0 amide bonds. The number of carbonyl (C=O) groups excluding carboxylic acids is 1. The molecule has 0 radical (unpaired) electrons. The summed E-state index contributed by atoms with van der Waals surface area (Å²) in [7, 11) is 2.84. The van der Waals surface area contributed by atoms with Crippen LogP contribution in [0.5, 0.6) is 0 Å². The third-order valence-electron chi connectivity index (χ3n) is 1.93. The van der Waals surface area contributed by atoms with Crippen molar-refractivity contribution < 1.29 is 14.3 Å². The maximum absolute atomic E-state index is 11.4. The van der Waals surface area contributed by atoms with E-state index in [0.717, 1.165) is 4.47 Å². The van der Waals surface area contributed by atoms with Crippen LogP contribution >= 0.6 is 15.9 Å². The topological polar surface area (TPSA) is 35.5 Å². The molecular weight excluding hydrogens is 260 g/mol. The minimum absolute atomic E-state index is 0.407. The molecule has 0 fully saturated rings. The second-order valence-corrected chi connectivity index (χ2v) is 3.72. The fraction of sp³-hybridized carbons (Fsp3) is 0.182. The zero-order valence-electron chi connectivity index (χ0n) is 8.54. The standard InChI is InChI=1S/C11H11BrO3/c1-7(14-2)10-6-8(12)4-5-9(10)11(13)15-3/h4-6H,1H2,2-3H3. The molecule has 4 heteroatoms. The highest BCUT2D eigenvalue weighted by atomic mass is 79.9. The number of methoxy groups -OCH3 is 2. The van der Waals surface area contributed by atoms with Gasteiger partial charge in [0.15, 0.2) is 0 Å². The lowest BCUT2D eigenvalue weighted by Crippen LogP contribution is -2.05. The molecule has 80 valence electrons. The summed E-state index contributed by atoms with van der Waals surface area (Å²) in [6.07, 6.45) is 0. The second-order valence-electron chi connectivity index (χ2n) is 2.81. The summed E-state index contributed by atoms with van der Waals surface area (Å²) in [6.45, 7) is 3.71. The SMILES string of the molecule is C=C(OC)c1cc(Br)ccc1C(=O)OC. The van der Waals surface area contributed by atoms with Crippen molar-refractivity contribution in [1.82, 2.24) is 0 Å².